The van der Waals surface area contributed by atoms with E-state index in [0.29, 0.717) is 0 Å². The van der Waals surface area contributed by atoms with Crippen molar-refractivity contribution in [1.82, 2.24) is 0 Å². The SMILES string of the molecule is C[Si](C)(C)C#Cc1ccc2c(c1I)-c1ccccc1-2. The molecule has 0 aromatic heterocycles. The molecule has 0 unspecified atom stereocenters. The highest BCUT2D eigenvalue weighted by molar-refractivity contribution is 14.1. The van der Waals surface area contributed by atoms with Crippen molar-refractivity contribution in [2.24, 2.45) is 0 Å². The summed E-state index contributed by atoms with van der Waals surface area (Å²) in [5.74, 6) is 3.39. The zero-order valence-corrected chi connectivity index (χ0v) is 14.5. The molecule has 0 saturated heterocycles. The van der Waals surface area contributed by atoms with Crippen molar-refractivity contribution < 1.29 is 0 Å². The molecule has 2 aromatic rings. The monoisotopic (exact) mass is 374 g/mol. The maximum absolute atomic E-state index is 3.46. The molecule has 0 aliphatic heterocycles. The molecule has 1 aliphatic carbocycles. The molecule has 0 amide bonds. The molecular formula is C17H15ISi. The van der Waals surface area contributed by atoms with Gasteiger partial charge in [0, 0.05) is 14.7 Å². The van der Waals surface area contributed by atoms with E-state index in [1.54, 1.807) is 0 Å². The van der Waals surface area contributed by atoms with E-state index in [2.05, 4.69) is 90.1 Å². The van der Waals surface area contributed by atoms with Crippen molar-refractivity contribution in [3.8, 4) is 33.7 Å². The summed E-state index contributed by atoms with van der Waals surface area (Å²) in [5.41, 5.74) is 10.1. The van der Waals surface area contributed by atoms with Crippen LogP contribution in [-0.4, -0.2) is 8.07 Å². The second-order valence-corrected chi connectivity index (χ2v) is 11.7. The second kappa shape index (κ2) is 4.50. The van der Waals surface area contributed by atoms with Gasteiger partial charge in [-0.2, -0.15) is 0 Å². The molecule has 2 aromatic carbocycles. The molecule has 0 N–H and O–H groups in total. The Balaban J connectivity index is 2.09. The molecule has 1 aliphatic rings. The third-order valence-electron chi connectivity index (χ3n) is 3.20. The third-order valence-corrected chi connectivity index (χ3v) is 5.20. The predicted octanol–water partition coefficient (Wildman–Crippen LogP) is 5.17. The van der Waals surface area contributed by atoms with Crippen LogP contribution in [0, 0.1) is 15.0 Å². The molecule has 0 saturated carbocycles. The van der Waals surface area contributed by atoms with Crippen LogP contribution in [0.4, 0.5) is 0 Å². The van der Waals surface area contributed by atoms with E-state index in [1.165, 1.54) is 31.4 Å². The van der Waals surface area contributed by atoms with E-state index in [1.807, 2.05) is 0 Å². The molecule has 94 valence electrons. The fourth-order valence-electron chi connectivity index (χ4n) is 2.29. The van der Waals surface area contributed by atoms with Crippen molar-refractivity contribution in [1.29, 1.82) is 0 Å². The molecular weight excluding hydrogens is 359 g/mol. The number of rotatable bonds is 0. The van der Waals surface area contributed by atoms with E-state index in [0.717, 1.165) is 0 Å². The van der Waals surface area contributed by atoms with Gasteiger partial charge in [0.25, 0.3) is 0 Å². The van der Waals surface area contributed by atoms with E-state index in [4.69, 9.17) is 0 Å². The predicted molar refractivity (Wildman–Crippen MR) is 93.8 cm³/mol. The van der Waals surface area contributed by atoms with Gasteiger partial charge in [0.2, 0.25) is 0 Å². The Morgan fingerprint density at radius 3 is 2.26 bits per heavy atom. The summed E-state index contributed by atoms with van der Waals surface area (Å²) in [6.45, 7) is 6.84. The summed E-state index contributed by atoms with van der Waals surface area (Å²) < 4.78 is 1.31. The summed E-state index contributed by atoms with van der Waals surface area (Å²) in [6, 6.07) is 13.0. The highest BCUT2D eigenvalue weighted by atomic mass is 127. The van der Waals surface area contributed by atoms with Gasteiger partial charge in [-0.15, -0.1) is 5.54 Å². The topological polar surface area (TPSA) is 0 Å². The van der Waals surface area contributed by atoms with Crippen LogP contribution in [0.2, 0.25) is 19.6 Å². The molecule has 19 heavy (non-hydrogen) atoms. The highest BCUT2D eigenvalue weighted by Gasteiger charge is 2.25. The van der Waals surface area contributed by atoms with Crippen molar-refractivity contribution >= 4 is 30.7 Å². The quantitative estimate of drug-likeness (QED) is 0.289. The minimum absolute atomic E-state index is 1.18. The van der Waals surface area contributed by atoms with E-state index in [-0.39, 0.29) is 0 Å². The number of hydrogen-bond acceptors (Lipinski definition) is 0. The number of benzene rings is 2. The summed E-state index contributed by atoms with van der Waals surface area (Å²) in [4.78, 5) is 0. The molecule has 0 atom stereocenters. The zero-order valence-electron chi connectivity index (χ0n) is 11.3. The van der Waals surface area contributed by atoms with Crippen LogP contribution in [0.5, 0.6) is 0 Å². The molecule has 0 radical (unpaired) electrons. The van der Waals surface area contributed by atoms with Crippen LogP contribution >= 0.6 is 22.6 Å². The van der Waals surface area contributed by atoms with Gasteiger partial charge in [-0.25, -0.2) is 0 Å². The largest absolute Gasteiger partial charge is 0.129 e. The Labute approximate surface area is 129 Å². The van der Waals surface area contributed by atoms with Gasteiger partial charge >= 0.3 is 0 Å². The highest BCUT2D eigenvalue weighted by Crippen LogP contribution is 2.49. The van der Waals surface area contributed by atoms with Gasteiger partial charge in [0.15, 0.2) is 0 Å². The van der Waals surface area contributed by atoms with E-state index >= 15 is 0 Å². The first-order valence-electron chi connectivity index (χ1n) is 6.43. The van der Waals surface area contributed by atoms with Crippen LogP contribution in [0.3, 0.4) is 0 Å². The molecule has 2 heteroatoms. The number of halogens is 1. The van der Waals surface area contributed by atoms with Gasteiger partial charge in [-0.1, -0.05) is 55.9 Å². The van der Waals surface area contributed by atoms with Crippen molar-refractivity contribution in [3.63, 3.8) is 0 Å². The minimum Gasteiger partial charge on any atom is -0.127 e. The van der Waals surface area contributed by atoms with Gasteiger partial charge in [-0.05, 0) is 45.3 Å². The molecule has 0 nitrogen and oxygen atoms in total. The van der Waals surface area contributed by atoms with Gasteiger partial charge in [0.1, 0.15) is 8.07 Å². The average Bonchev–Trinajstić information content (AvgIpc) is 2.32. The molecule has 0 fully saturated rings. The summed E-state index contributed by atoms with van der Waals surface area (Å²) >= 11 is 2.44. The maximum Gasteiger partial charge on any atom is 0.129 e. The lowest BCUT2D eigenvalue weighted by molar-refractivity contribution is 1.47. The smallest absolute Gasteiger partial charge is 0.127 e. The zero-order chi connectivity index (χ0) is 13.6. The van der Waals surface area contributed by atoms with Gasteiger partial charge in [0.05, 0.1) is 0 Å². The third kappa shape index (κ3) is 2.26. The lowest BCUT2D eigenvalue weighted by atomic mass is 9.80. The Morgan fingerprint density at radius 2 is 1.58 bits per heavy atom. The van der Waals surface area contributed by atoms with Crippen LogP contribution < -0.4 is 0 Å². The van der Waals surface area contributed by atoms with E-state index in [9.17, 15) is 0 Å². The van der Waals surface area contributed by atoms with Crippen LogP contribution in [0.25, 0.3) is 22.3 Å². The molecule has 3 rings (SSSR count). The summed E-state index contributed by atoms with van der Waals surface area (Å²) in [5, 5.41) is 0. The number of hydrogen-bond donors (Lipinski definition) is 0. The van der Waals surface area contributed by atoms with Gasteiger partial charge in [-0.3, -0.25) is 0 Å². The average molecular weight is 374 g/mol. The first kappa shape index (κ1) is 13.0. The van der Waals surface area contributed by atoms with E-state index < -0.39 is 8.07 Å². The first-order chi connectivity index (χ1) is 8.97. The lowest BCUT2D eigenvalue weighted by Crippen LogP contribution is -2.16. The Kier molecular flexibility index (Phi) is 3.07. The summed E-state index contributed by atoms with van der Waals surface area (Å²) in [7, 11) is -1.31. The van der Waals surface area contributed by atoms with Crippen LogP contribution in [-0.2, 0) is 0 Å². The molecule has 0 heterocycles. The fourth-order valence-corrected chi connectivity index (χ4v) is 3.69. The minimum atomic E-state index is -1.31. The lowest BCUT2D eigenvalue weighted by Gasteiger charge is -2.25. The molecule has 0 bridgehead atoms. The van der Waals surface area contributed by atoms with Gasteiger partial charge < -0.3 is 0 Å². The van der Waals surface area contributed by atoms with Crippen molar-refractivity contribution in [3.05, 3.63) is 45.5 Å². The Hall–Kier alpha value is -1.05. The first-order valence-corrected chi connectivity index (χ1v) is 11.0. The fraction of sp³-hybridized carbons (Fsp3) is 0.176. The second-order valence-electron chi connectivity index (χ2n) is 5.90. The normalized spacial score (nSPS) is 11.8. The Morgan fingerprint density at radius 1 is 0.895 bits per heavy atom. The van der Waals surface area contributed by atoms with Crippen molar-refractivity contribution in [2.75, 3.05) is 0 Å². The standard InChI is InChI=1S/C17H15ISi/c1-19(2,3)11-10-12-8-9-15-13-6-4-5-7-14(13)16(15)17(12)18/h4-9H,1-3H3. The molecule has 0 spiro atoms. The van der Waals surface area contributed by atoms with Crippen molar-refractivity contribution in [2.45, 2.75) is 19.6 Å². The number of fused-ring (bicyclic) bond motifs is 4. The van der Waals surface area contributed by atoms with Crippen LogP contribution in [0.15, 0.2) is 36.4 Å². The summed E-state index contributed by atoms with van der Waals surface area (Å²) in [6.07, 6.45) is 0. The maximum atomic E-state index is 3.46. The Bertz CT molecular complexity index is 727. The van der Waals surface area contributed by atoms with Crippen LogP contribution in [0.1, 0.15) is 5.56 Å².